The SMILES string of the molecule is CCC(C)C(N)C(=O)O.[Cu]. The summed E-state index contributed by atoms with van der Waals surface area (Å²) in [7, 11) is 0. The van der Waals surface area contributed by atoms with Crippen molar-refractivity contribution in [3.63, 3.8) is 0 Å². The Hall–Kier alpha value is -0.0505. The molecule has 0 spiro atoms. The van der Waals surface area contributed by atoms with E-state index < -0.39 is 12.0 Å². The summed E-state index contributed by atoms with van der Waals surface area (Å²) in [5.74, 6) is -0.841. The summed E-state index contributed by atoms with van der Waals surface area (Å²) in [6.07, 6.45) is 0.813. The molecule has 2 unspecified atom stereocenters. The molecule has 65 valence electrons. The van der Waals surface area contributed by atoms with Crippen LogP contribution in [-0.4, -0.2) is 17.1 Å². The van der Waals surface area contributed by atoms with Gasteiger partial charge in [-0.05, 0) is 5.92 Å². The quantitative estimate of drug-likeness (QED) is 0.641. The predicted molar refractivity (Wildman–Crippen MR) is 35.1 cm³/mol. The van der Waals surface area contributed by atoms with Crippen molar-refractivity contribution in [2.24, 2.45) is 11.7 Å². The van der Waals surface area contributed by atoms with Gasteiger partial charge < -0.3 is 10.8 Å². The molecule has 3 N–H and O–H groups in total. The molecule has 2 atom stereocenters. The molecule has 0 fully saturated rings. The van der Waals surface area contributed by atoms with Crippen LogP contribution in [0.25, 0.3) is 0 Å². The van der Waals surface area contributed by atoms with E-state index in [1.165, 1.54) is 0 Å². The van der Waals surface area contributed by atoms with E-state index in [1.54, 1.807) is 0 Å². The van der Waals surface area contributed by atoms with Gasteiger partial charge in [0, 0.05) is 17.1 Å². The van der Waals surface area contributed by atoms with Gasteiger partial charge in [-0.15, -0.1) is 0 Å². The average Bonchev–Trinajstić information content (AvgIpc) is 1.84. The fourth-order valence-corrected chi connectivity index (χ4v) is 0.497. The van der Waals surface area contributed by atoms with Gasteiger partial charge in [-0.25, -0.2) is 0 Å². The second-order valence-corrected chi connectivity index (χ2v) is 2.25. The third-order valence-electron chi connectivity index (χ3n) is 1.54. The van der Waals surface area contributed by atoms with E-state index in [1.807, 2.05) is 13.8 Å². The number of carboxylic acids is 1. The third kappa shape index (κ3) is 3.88. The van der Waals surface area contributed by atoms with Gasteiger partial charge >= 0.3 is 5.97 Å². The number of hydrogen-bond donors (Lipinski definition) is 2. The van der Waals surface area contributed by atoms with Crippen molar-refractivity contribution in [3.05, 3.63) is 0 Å². The zero-order chi connectivity index (χ0) is 7.44. The minimum atomic E-state index is -0.913. The molecule has 0 saturated carbocycles. The van der Waals surface area contributed by atoms with Crippen LogP contribution in [0.3, 0.4) is 0 Å². The van der Waals surface area contributed by atoms with Crippen LogP contribution in [-0.2, 0) is 21.9 Å². The minimum absolute atomic E-state index is 0. The molecule has 0 bridgehead atoms. The molecular formula is C6H13CuNO2. The van der Waals surface area contributed by atoms with Crippen LogP contribution in [0.2, 0.25) is 0 Å². The van der Waals surface area contributed by atoms with Gasteiger partial charge in [-0.1, -0.05) is 20.3 Å². The maximum Gasteiger partial charge on any atom is 0.320 e. The topological polar surface area (TPSA) is 63.3 Å². The zero-order valence-electron chi connectivity index (χ0n) is 6.10. The van der Waals surface area contributed by atoms with Crippen molar-refractivity contribution in [3.8, 4) is 0 Å². The molecular weight excluding hydrogens is 182 g/mol. The number of aliphatic carboxylic acids is 1. The number of carbonyl (C=O) groups is 1. The molecule has 0 aliphatic rings. The molecule has 0 amide bonds. The Morgan fingerprint density at radius 2 is 2.10 bits per heavy atom. The Morgan fingerprint density at radius 3 is 2.20 bits per heavy atom. The molecule has 3 nitrogen and oxygen atoms in total. The first kappa shape index (κ1) is 12.6. The van der Waals surface area contributed by atoms with E-state index in [-0.39, 0.29) is 23.0 Å². The van der Waals surface area contributed by atoms with Crippen LogP contribution in [0.1, 0.15) is 20.3 Å². The Labute approximate surface area is 71.5 Å². The minimum Gasteiger partial charge on any atom is -0.480 e. The summed E-state index contributed by atoms with van der Waals surface area (Å²) in [6, 6.07) is -0.699. The van der Waals surface area contributed by atoms with Crippen molar-refractivity contribution in [2.75, 3.05) is 0 Å². The third-order valence-corrected chi connectivity index (χ3v) is 1.54. The number of carboxylic acid groups (broad SMARTS) is 1. The molecule has 0 rings (SSSR count). The van der Waals surface area contributed by atoms with Gasteiger partial charge in [0.2, 0.25) is 0 Å². The van der Waals surface area contributed by atoms with Crippen molar-refractivity contribution < 1.29 is 27.0 Å². The first-order valence-corrected chi connectivity index (χ1v) is 3.08. The summed E-state index contributed by atoms with van der Waals surface area (Å²) >= 11 is 0. The van der Waals surface area contributed by atoms with E-state index in [2.05, 4.69) is 0 Å². The van der Waals surface area contributed by atoms with E-state index in [0.29, 0.717) is 0 Å². The van der Waals surface area contributed by atoms with Crippen LogP contribution < -0.4 is 5.73 Å². The van der Waals surface area contributed by atoms with Gasteiger partial charge in [0.05, 0.1) is 0 Å². The normalized spacial score (nSPS) is 15.1. The van der Waals surface area contributed by atoms with E-state index in [0.717, 1.165) is 6.42 Å². The summed E-state index contributed by atoms with van der Waals surface area (Å²) in [5, 5.41) is 8.36. The fourth-order valence-electron chi connectivity index (χ4n) is 0.497. The van der Waals surface area contributed by atoms with Gasteiger partial charge in [0.15, 0.2) is 0 Å². The maximum absolute atomic E-state index is 10.2. The van der Waals surface area contributed by atoms with E-state index >= 15 is 0 Å². The first-order valence-electron chi connectivity index (χ1n) is 3.08. The smallest absolute Gasteiger partial charge is 0.320 e. The number of nitrogens with two attached hydrogens (primary N) is 1. The Morgan fingerprint density at radius 1 is 1.70 bits per heavy atom. The van der Waals surface area contributed by atoms with Gasteiger partial charge in [0.25, 0.3) is 0 Å². The first-order chi connectivity index (χ1) is 4.09. The van der Waals surface area contributed by atoms with Crippen molar-refractivity contribution >= 4 is 5.97 Å². The van der Waals surface area contributed by atoms with Crippen molar-refractivity contribution in [1.82, 2.24) is 0 Å². The summed E-state index contributed by atoms with van der Waals surface area (Å²) in [6.45, 7) is 3.76. The molecule has 0 aliphatic carbocycles. The zero-order valence-corrected chi connectivity index (χ0v) is 7.04. The molecule has 1 radical (unpaired) electrons. The standard InChI is InChI=1S/C6H13NO2.Cu/c1-3-4(2)5(7)6(8)9;/h4-5H,3,7H2,1-2H3,(H,8,9);. The predicted octanol–water partition coefficient (Wildman–Crippen LogP) is 0.442. The van der Waals surface area contributed by atoms with E-state index in [4.69, 9.17) is 10.8 Å². The number of rotatable bonds is 3. The average molecular weight is 195 g/mol. The molecule has 0 aromatic heterocycles. The van der Waals surface area contributed by atoms with Crippen LogP contribution in [0.5, 0.6) is 0 Å². The molecule has 10 heavy (non-hydrogen) atoms. The molecule has 0 aliphatic heterocycles. The van der Waals surface area contributed by atoms with Crippen LogP contribution >= 0.6 is 0 Å². The largest absolute Gasteiger partial charge is 0.480 e. The second kappa shape index (κ2) is 5.71. The van der Waals surface area contributed by atoms with Crippen LogP contribution in [0, 0.1) is 5.92 Å². The summed E-state index contributed by atoms with van der Waals surface area (Å²) in [4.78, 5) is 10.2. The van der Waals surface area contributed by atoms with Gasteiger partial charge in [-0.2, -0.15) is 0 Å². The molecule has 0 aromatic rings. The Balaban J connectivity index is 0. The Bertz CT molecular complexity index is 108. The summed E-state index contributed by atoms with van der Waals surface area (Å²) < 4.78 is 0. The summed E-state index contributed by atoms with van der Waals surface area (Å²) in [5.41, 5.74) is 5.27. The molecule has 0 saturated heterocycles. The van der Waals surface area contributed by atoms with Crippen LogP contribution in [0.4, 0.5) is 0 Å². The van der Waals surface area contributed by atoms with Crippen LogP contribution in [0.15, 0.2) is 0 Å². The van der Waals surface area contributed by atoms with Crippen molar-refractivity contribution in [2.45, 2.75) is 26.3 Å². The van der Waals surface area contributed by atoms with E-state index in [9.17, 15) is 4.79 Å². The fraction of sp³-hybridized carbons (Fsp3) is 0.833. The number of hydrogen-bond acceptors (Lipinski definition) is 2. The molecule has 4 heteroatoms. The van der Waals surface area contributed by atoms with Crippen molar-refractivity contribution in [1.29, 1.82) is 0 Å². The Kier molecular flexibility index (Phi) is 7.20. The monoisotopic (exact) mass is 194 g/mol. The van der Waals surface area contributed by atoms with Gasteiger partial charge in [-0.3, -0.25) is 4.79 Å². The second-order valence-electron chi connectivity index (χ2n) is 2.25. The molecule has 0 aromatic carbocycles. The maximum atomic E-state index is 10.2. The van der Waals surface area contributed by atoms with Gasteiger partial charge in [0.1, 0.15) is 6.04 Å². The molecule has 0 heterocycles.